The molecule has 2 rings (SSSR count). The standard InChI is InChI=1S/C14H17ClO3/c1-3-17-14(18-4-2)12-8-9-7-10(15)5-6-11(9)13(12)16/h5-7,12,14H,3-4,8H2,1-2H3. The Kier molecular flexibility index (Phi) is 4.38. The monoisotopic (exact) mass is 268 g/mol. The van der Waals surface area contributed by atoms with E-state index in [1.54, 1.807) is 12.1 Å². The zero-order valence-corrected chi connectivity index (χ0v) is 11.4. The molecule has 0 radical (unpaired) electrons. The Balaban J connectivity index is 2.21. The number of fused-ring (bicyclic) bond motifs is 1. The van der Waals surface area contributed by atoms with Crippen molar-refractivity contribution in [1.29, 1.82) is 0 Å². The highest BCUT2D eigenvalue weighted by atomic mass is 35.5. The SMILES string of the molecule is CCOC(OCC)C1Cc2cc(Cl)ccc2C1=O. The maximum atomic E-state index is 12.3. The zero-order chi connectivity index (χ0) is 13.1. The van der Waals surface area contributed by atoms with Crippen LogP contribution in [0.2, 0.25) is 5.02 Å². The molecule has 0 saturated heterocycles. The number of carbonyl (C=O) groups excluding carboxylic acids is 1. The van der Waals surface area contributed by atoms with Crippen LogP contribution in [0, 0.1) is 5.92 Å². The number of carbonyl (C=O) groups is 1. The van der Waals surface area contributed by atoms with Gasteiger partial charge in [-0.3, -0.25) is 4.79 Å². The molecule has 0 saturated carbocycles. The number of benzene rings is 1. The molecule has 18 heavy (non-hydrogen) atoms. The van der Waals surface area contributed by atoms with Crippen LogP contribution in [0.25, 0.3) is 0 Å². The molecule has 0 heterocycles. The summed E-state index contributed by atoms with van der Waals surface area (Å²) in [5.41, 5.74) is 1.73. The number of hydrogen-bond donors (Lipinski definition) is 0. The number of hydrogen-bond acceptors (Lipinski definition) is 3. The van der Waals surface area contributed by atoms with Crippen LogP contribution in [0.4, 0.5) is 0 Å². The topological polar surface area (TPSA) is 35.5 Å². The van der Waals surface area contributed by atoms with Gasteiger partial charge in [0.05, 0.1) is 5.92 Å². The van der Waals surface area contributed by atoms with Gasteiger partial charge in [-0.25, -0.2) is 0 Å². The summed E-state index contributed by atoms with van der Waals surface area (Å²) in [6.07, 6.45) is 0.179. The van der Waals surface area contributed by atoms with Gasteiger partial charge in [0.15, 0.2) is 12.1 Å². The highest BCUT2D eigenvalue weighted by molar-refractivity contribution is 6.30. The van der Waals surface area contributed by atoms with Crippen LogP contribution in [-0.2, 0) is 15.9 Å². The van der Waals surface area contributed by atoms with Crippen LogP contribution >= 0.6 is 11.6 Å². The van der Waals surface area contributed by atoms with Crippen molar-refractivity contribution < 1.29 is 14.3 Å². The maximum Gasteiger partial charge on any atom is 0.171 e. The molecular weight excluding hydrogens is 252 g/mol. The quantitative estimate of drug-likeness (QED) is 0.770. The molecule has 0 aliphatic heterocycles. The average molecular weight is 269 g/mol. The van der Waals surface area contributed by atoms with Crippen LogP contribution < -0.4 is 0 Å². The van der Waals surface area contributed by atoms with Crippen LogP contribution in [0.1, 0.15) is 29.8 Å². The van der Waals surface area contributed by atoms with E-state index in [1.165, 1.54) is 0 Å². The molecule has 0 bridgehead atoms. The molecule has 3 nitrogen and oxygen atoms in total. The van der Waals surface area contributed by atoms with E-state index < -0.39 is 6.29 Å². The molecule has 4 heteroatoms. The molecule has 0 spiro atoms. The Bertz CT molecular complexity index is 439. The first-order chi connectivity index (χ1) is 8.67. The van der Waals surface area contributed by atoms with Gasteiger partial charge in [-0.05, 0) is 44.0 Å². The van der Waals surface area contributed by atoms with Gasteiger partial charge in [-0.2, -0.15) is 0 Å². The van der Waals surface area contributed by atoms with E-state index in [4.69, 9.17) is 21.1 Å². The van der Waals surface area contributed by atoms with E-state index in [0.29, 0.717) is 24.7 Å². The number of ketones is 1. The lowest BCUT2D eigenvalue weighted by Gasteiger charge is -2.21. The van der Waals surface area contributed by atoms with Crippen molar-refractivity contribution in [2.75, 3.05) is 13.2 Å². The fourth-order valence-corrected chi connectivity index (χ4v) is 2.52. The van der Waals surface area contributed by atoms with Crippen LogP contribution in [0.3, 0.4) is 0 Å². The number of rotatable bonds is 5. The summed E-state index contributed by atoms with van der Waals surface area (Å²) in [5.74, 6) is -0.160. The van der Waals surface area contributed by atoms with Crippen molar-refractivity contribution in [3.63, 3.8) is 0 Å². The number of Topliss-reactive ketones (excluding diaryl/α,β-unsaturated/α-hetero) is 1. The molecule has 1 aromatic carbocycles. The summed E-state index contributed by atoms with van der Waals surface area (Å²) in [5, 5.41) is 0.659. The second-order valence-electron chi connectivity index (χ2n) is 4.26. The van der Waals surface area contributed by atoms with Gasteiger partial charge in [0.25, 0.3) is 0 Å². The normalized spacial score (nSPS) is 18.4. The van der Waals surface area contributed by atoms with Gasteiger partial charge >= 0.3 is 0 Å². The third-order valence-corrected chi connectivity index (χ3v) is 3.33. The predicted octanol–water partition coefficient (Wildman–Crippen LogP) is 3.09. The lowest BCUT2D eigenvalue weighted by molar-refractivity contribution is -0.156. The second kappa shape index (κ2) is 5.83. The van der Waals surface area contributed by atoms with Gasteiger partial charge in [0.1, 0.15) is 0 Å². The molecule has 98 valence electrons. The largest absolute Gasteiger partial charge is 0.352 e. The highest BCUT2D eigenvalue weighted by Gasteiger charge is 2.37. The van der Waals surface area contributed by atoms with Gasteiger partial charge < -0.3 is 9.47 Å². The lowest BCUT2D eigenvalue weighted by atomic mass is 10.0. The first-order valence-corrected chi connectivity index (χ1v) is 6.61. The Morgan fingerprint density at radius 1 is 1.33 bits per heavy atom. The summed E-state index contributed by atoms with van der Waals surface area (Å²) in [4.78, 5) is 12.3. The van der Waals surface area contributed by atoms with Crippen LogP contribution in [0.15, 0.2) is 18.2 Å². The molecule has 0 fully saturated rings. The van der Waals surface area contributed by atoms with E-state index in [2.05, 4.69) is 0 Å². The zero-order valence-electron chi connectivity index (χ0n) is 10.6. The van der Waals surface area contributed by atoms with Gasteiger partial charge in [0, 0.05) is 23.8 Å². The third-order valence-electron chi connectivity index (χ3n) is 3.10. The third kappa shape index (κ3) is 2.58. The Hall–Kier alpha value is -0.900. The van der Waals surface area contributed by atoms with Crippen molar-refractivity contribution in [2.45, 2.75) is 26.6 Å². The molecule has 1 unspecified atom stereocenters. The Morgan fingerprint density at radius 2 is 2.00 bits per heavy atom. The fraction of sp³-hybridized carbons (Fsp3) is 0.500. The first kappa shape index (κ1) is 13.5. The minimum absolute atomic E-state index is 0.0913. The van der Waals surface area contributed by atoms with E-state index in [9.17, 15) is 4.79 Å². The minimum Gasteiger partial charge on any atom is -0.352 e. The highest BCUT2D eigenvalue weighted by Crippen LogP contribution is 2.32. The smallest absolute Gasteiger partial charge is 0.171 e. The van der Waals surface area contributed by atoms with Crippen molar-refractivity contribution >= 4 is 17.4 Å². The van der Waals surface area contributed by atoms with E-state index in [0.717, 1.165) is 11.1 Å². The van der Waals surface area contributed by atoms with Crippen molar-refractivity contribution in [1.82, 2.24) is 0 Å². The van der Waals surface area contributed by atoms with Gasteiger partial charge in [-0.15, -0.1) is 0 Å². The van der Waals surface area contributed by atoms with Gasteiger partial charge in [-0.1, -0.05) is 11.6 Å². The molecular formula is C14H17ClO3. The van der Waals surface area contributed by atoms with E-state index >= 15 is 0 Å². The van der Waals surface area contributed by atoms with Crippen molar-refractivity contribution in [3.05, 3.63) is 34.3 Å². The average Bonchev–Trinajstić information content (AvgIpc) is 2.66. The molecule has 0 amide bonds. The summed E-state index contributed by atoms with van der Waals surface area (Å²) in [6, 6.07) is 5.38. The van der Waals surface area contributed by atoms with E-state index in [1.807, 2.05) is 19.9 Å². The second-order valence-corrected chi connectivity index (χ2v) is 4.69. The van der Waals surface area contributed by atoms with Crippen LogP contribution in [-0.4, -0.2) is 25.3 Å². The minimum atomic E-state index is -0.460. The Morgan fingerprint density at radius 3 is 2.61 bits per heavy atom. The molecule has 1 aromatic rings. The summed E-state index contributed by atoms with van der Waals surface area (Å²) >= 11 is 5.95. The van der Waals surface area contributed by atoms with Gasteiger partial charge in [0.2, 0.25) is 0 Å². The summed E-state index contributed by atoms with van der Waals surface area (Å²) in [7, 11) is 0. The lowest BCUT2D eigenvalue weighted by Crippen LogP contribution is -2.31. The number of ether oxygens (including phenoxy) is 2. The maximum absolute atomic E-state index is 12.3. The van der Waals surface area contributed by atoms with E-state index in [-0.39, 0.29) is 11.7 Å². The molecule has 0 N–H and O–H groups in total. The molecule has 1 atom stereocenters. The summed E-state index contributed by atoms with van der Waals surface area (Å²) < 4.78 is 11.0. The molecule has 1 aliphatic rings. The molecule has 0 aromatic heterocycles. The van der Waals surface area contributed by atoms with Crippen molar-refractivity contribution in [3.8, 4) is 0 Å². The Labute approximate surface area is 112 Å². The number of halogens is 1. The summed E-state index contributed by atoms with van der Waals surface area (Å²) in [6.45, 7) is 4.86. The predicted molar refractivity (Wildman–Crippen MR) is 70.0 cm³/mol. The first-order valence-electron chi connectivity index (χ1n) is 6.23. The van der Waals surface area contributed by atoms with Crippen LogP contribution in [0.5, 0.6) is 0 Å². The van der Waals surface area contributed by atoms with Crippen molar-refractivity contribution in [2.24, 2.45) is 5.92 Å². The fourth-order valence-electron chi connectivity index (χ4n) is 2.33. The molecule has 1 aliphatic carbocycles.